The average Bonchev–Trinajstić information content (AvgIpc) is 3.12. The highest BCUT2D eigenvalue weighted by Gasteiger charge is 2.28. The molecular weight excluding hydrogens is 405 g/mol. The number of halogens is 4. The van der Waals surface area contributed by atoms with E-state index in [-0.39, 0.29) is 16.9 Å². The van der Waals surface area contributed by atoms with Gasteiger partial charge in [0.05, 0.1) is 17.6 Å². The van der Waals surface area contributed by atoms with E-state index in [2.05, 4.69) is 9.97 Å². The van der Waals surface area contributed by atoms with Gasteiger partial charge in [-0.15, -0.1) is 0 Å². The lowest BCUT2D eigenvalue weighted by molar-refractivity contribution is 0.350. The highest BCUT2D eigenvalue weighted by molar-refractivity contribution is 6.30. The van der Waals surface area contributed by atoms with Crippen LogP contribution in [0.25, 0.3) is 16.9 Å². The van der Waals surface area contributed by atoms with E-state index in [4.69, 9.17) is 11.6 Å². The maximum atomic E-state index is 15.5. The van der Waals surface area contributed by atoms with Gasteiger partial charge in [-0.1, -0.05) is 17.7 Å². The second kappa shape index (κ2) is 7.36. The summed E-state index contributed by atoms with van der Waals surface area (Å²) in [6.07, 6.45) is -0.921. The van der Waals surface area contributed by atoms with Crippen molar-refractivity contribution in [2.75, 3.05) is 0 Å². The molecule has 0 aliphatic carbocycles. The van der Waals surface area contributed by atoms with Crippen molar-refractivity contribution in [3.05, 3.63) is 87.2 Å². The number of hydrogen-bond acceptors (Lipinski definition) is 3. The van der Waals surface area contributed by atoms with Crippen LogP contribution < -0.4 is 5.56 Å². The third-order valence-electron chi connectivity index (χ3n) is 4.57. The molecule has 0 aliphatic rings. The molecule has 0 fully saturated rings. The molecule has 5 nitrogen and oxygen atoms in total. The first-order valence-electron chi connectivity index (χ1n) is 8.74. The Balaban J connectivity index is 2.06. The van der Waals surface area contributed by atoms with Crippen molar-refractivity contribution in [3.63, 3.8) is 0 Å². The van der Waals surface area contributed by atoms with E-state index in [0.717, 1.165) is 22.8 Å². The van der Waals surface area contributed by atoms with E-state index in [9.17, 15) is 13.6 Å². The zero-order valence-electron chi connectivity index (χ0n) is 15.1. The van der Waals surface area contributed by atoms with Crippen LogP contribution in [-0.4, -0.2) is 19.1 Å². The number of aromatic nitrogens is 4. The summed E-state index contributed by atoms with van der Waals surface area (Å²) in [5, 5.41) is 0.407. The Labute approximate surface area is 168 Å². The maximum absolute atomic E-state index is 15.5. The zero-order chi connectivity index (χ0) is 20.7. The van der Waals surface area contributed by atoms with Crippen LogP contribution in [-0.2, 0) is 6.54 Å². The van der Waals surface area contributed by atoms with Crippen LogP contribution in [0.5, 0.6) is 0 Å². The number of benzene rings is 2. The lowest BCUT2D eigenvalue weighted by Crippen LogP contribution is -2.26. The Morgan fingerprint density at radius 1 is 1.10 bits per heavy atom. The summed E-state index contributed by atoms with van der Waals surface area (Å²) in [6, 6.07) is 9.03. The molecule has 0 aliphatic heterocycles. The van der Waals surface area contributed by atoms with Crippen LogP contribution in [0, 0.1) is 11.6 Å². The molecule has 0 radical (unpaired) electrons. The van der Waals surface area contributed by atoms with Gasteiger partial charge in [-0.25, -0.2) is 23.1 Å². The van der Waals surface area contributed by atoms with Crippen molar-refractivity contribution in [1.29, 1.82) is 0 Å². The Morgan fingerprint density at radius 2 is 1.76 bits per heavy atom. The third-order valence-corrected chi connectivity index (χ3v) is 4.82. The Hall–Kier alpha value is -3.13. The quantitative estimate of drug-likeness (QED) is 0.487. The molecule has 0 bridgehead atoms. The van der Waals surface area contributed by atoms with Crippen LogP contribution >= 0.6 is 11.6 Å². The first kappa shape index (κ1) is 19.2. The molecule has 1 atom stereocenters. The average molecular weight is 419 g/mol. The number of imidazole rings is 1. The first-order chi connectivity index (χ1) is 13.9. The maximum Gasteiger partial charge on any atom is 0.286 e. The van der Waals surface area contributed by atoms with Crippen molar-refractivity contribution in [2.24, 2.45) is 0 Å². The minimum Gasteiger partial charge on any atom is -0.315 e. The molecular formula is C20H14ClF3N4O. The molecule has 4 rings (SSSR count). The molecule has 0 saturated heterocycles. The van der Waals surface area contributed by atoms with E-state index in [1.165, 1.54) is 30.6 Å². The summed E-state index contributed by atoms with van der Waals surface area (Å²) in [4.78, 5) is 21.4. The van der Waals surface area contributed by atoms with E-state index in [0.29, 0.717) is 11.6 Å². The monoisotopic (exact) mass is 418 g/mol. The Morgan fingerprint density at radius 3 is 2.38 bits per heavy atom. The molecule has 148 valence electrons. The van der Waals surface area contributed by atoms with Gasteiger partial charge >= 0.3 is 0 Å². The summed E-state index contributed by atoms with van der Waals surface area (Å²) in [7, 11) is 0. The van der Waals surface area contributed by atoms with Gasteiger partial charge in [-0.05, 0) is 43.3 Å². The van der Waals surface area contributed by atoms with Gasteiger partial charge in [0.2, 0.25) is 0 Å². The van der Waals surface area contributed by atoms with Crippen molar-refractivity contribution < 1.29 is 13.2 Å². The van der Waals surface area contributed by atoms with Crippen LogP contribution in [0.3, 0.4) is 0 Å². The summed E-state index contributed by atoms with van der Waals surface area (Å²) in [5.74, 6) is -2.60. The molecule has 0 saturated carbocycles. The van der Waals surface area contributed by atoms with Crippen LogP contribution in [0.1, 0.15) is 24.5 Å². The van der Waals surface area contributed by atoms with Crippen molar-refractivity contribution in [3.8, 4) is 5.69 Å². The van der Waals surface area contributed by atoms with Gasteiger partial charge in [0.15, 0.2) is 23.2 Å². The molecule has 2 heterocycles. The minimum atomic E-state index is -2.33. The molecule has 0 N–H and O–H groups in total. The predicted molar refractivity (Wildman–Crippen MR) is 103 cm³/mol. The van der Waals surface area contributed by atoms with Crippen molar-refractivity contribution >= 4 is 22.8 Å². The van der Waals surface area contributed by atoms with Gasteiger partial charge in [0.1, 0.15) is 11.6 Å². The number of fused-ring (bicyclic) bond motifs is 1. The molecule has 1 unspecified atom stereocenters. The third kappa shape index (κ3) is 3.19. The number of rotatable bonds is 4. The van der Waals surface area contributed by atoms with E-state index >= 15 is 4.39 Å². The largest absolute Gasteiger partial charge is 0.315 e. The lowest BCUT2D eigenvalue weighted by Gasteiger charge is -2.17. The summed E-state index contributed by atoms with van der Waals surface area (Å²) in [6.45, 7) is 2.23. The van der Waals surface area contributed by atoms with E-state index in [1.54, 1.807) is 11.5 Å². The number of nitrogens with zero attached hydrogens (tertiary/aromatic N) is 4. The summed E-state index contributed by atoms with van der Waals surface area (Å²) >= 11 is 5.90. The second-order valence-corrected chi connectivity index (χ2v) is 6.72. The fourth-order valence-corrected chi connectivity index (χ4v) is 3.26. The second-order valence-electron chi connectivity index (χ2n) is 6.29. The molecule has 29 heavy (non-hydrogen) atoms. The van der Waals surface area contributed by atoms with Crippen molar-refractivity contribution in [2.45, 2.75) is 19.6 Å². The van der Waals surface area contributed by atoms with E-state index in [1.807, 2.05) is 0 Å². The van der Waals surface area contributed by atoms with Gasteiger partial charge in [-0.2, -0.15) is 0 Å². The van der Waals surface area contributed by atoms with Crippen LogP contribution in [0.4, 0.5) is 13.2 Å². The highest BCUT2D eigenvalue weighted by Crippen LogP contribution is 2.31. The normalized spacial score (nSPS) is 12.4. The molecule has 2 aromatic heterocycles. The van der Waals surface area contributed by atoms with Crippen LogP contribution in [0.15, 0.2) is 53.6 Å². The predicted octanol–water partition coefficient (Wildman–Crippen LogP) is 4.59. The minimum absolute atomic E-state index is 0.0201. The number of aryl methyl sites for hydroxylation is 1. The van der Waals surface area contributed by atoms with Crippen LogP contribution in [0.2, 0.25) is 5.02 Å². The highest BCUT2D eigenvalue weighted by atomic mass is 35.5. The SMILES string of the molecule is CCn1cnc2c(=O)n(-c3ccc(Cl)cc3)c(C(F)c3c(F)cccc3F)nc21. The Bertz CT molecular complexity index is 1250. The van der Waals surface area contributed by atoms with Gasteiger partial charge < -0.3 is 4.57 Å². The molecule has 4 aromatic rings. The standard InChI is InChI=1S/C20H14ClF3N4O/c1-2-27-10-25-17-19(27)26-18(16(24)15-13(22)4-3-5-14(15)23)28(20(17)29)12-8-6-11(21)7-9-12/h3-10,16H,2H2,1H3. The van der Waals surface area contributed by atoms with Gasteiger partial charge in [0.25, 0.3) is 5.56 Å². The zero-order valence-corrected chi connectivity index (χ0v) is 15.9. The van der Waals surface area contributed by atoms with Gasteiger partial charge in [0, 0.05) is 11.6 Å². The lowest BCUT2D eigenvalue weighted by atomic mass is 10.1. The summed E-state index contributed by atoms with van der Waals surface area (Å²) in [5.41, 5.74) is -1.07. The smallest absolute Gasteiger partial charge is 0.286 e. The number of hydrogen-bond donors (Lipinski definition) is 0. The fraction of sp³-hybridized carbons (Fsp3) is 0.150. The molecule has 9 heteroatoms. The first-order valence-corrected chi connectivity index (χ1v) is 9.11. The topological polar surface area (TPSA) is 52.7 Å². The Kier molecular flexibility index (Phi) is 4.87. The van der Waals surface area contributed by atoms with E-state index < -0.39 is 34.8 Å². The molecule has 0 amide bonds. The molecule has 0 spiro atoms. The summed E-state index contributed by atoms with van der Waals surface area (Å²) < 4.78 is 46.5. The fourth-order valence-electron chi connectivity index (χ4n) is 3.14. The van der Waals surface area contributed by atoms with Gasteiger partial charge in [-0.3, -0.25) is 9.36 Å². The number of alkyl halides is 1. The molecule has 2 aromatic carbocycles. The van der Waals surface area contributed by atoms with Crippen molar-refractivity contribution in [1.82, 2.24) is 19.1 Å².